The van der Waals surface area contributed by atoms with E-state index in [-0.39, 0.29) is 15.5 Å². The molecule has 0 heterocycles. The van der Waals surface area contributed by atoms with Gasteiger partial charge in [0, 0.05) is 0 Å². The molecule has 0 aliphatic heterocycles. The minimum atomic E-state index is -3.90. The lowest BCUT2D eigenvalue weighted by molar-refractivity contribution is 0.592. The van der Waals surface area contributed by atoms with Gasteiger partial charge in [-0.05, 0) is 31.0 Å². The van der Waals surface area contributed by atoms with Crippen LogP contribution < -0.4 is 5.14 Å². The molecule has 0 fully saturated rings. The molecule has 0 saturated heterocycles. The van der Waals surface area contributed by atoms with Gasteiger partial charge in [-0.1, -0.05) is 19.4 Å². The molecule has 1 rings (SSSR count). The second-order valence-electron chi connectivity index (χ2n) is 4.14. The van der Waals surface area contributed by atoms with Crippen LogP contribution in [-0.4, -0.2) is 22.6 Å². The number of sulfone groups is 1. The van der Waals surface area contributed by atoms with E-state index in [9.17, 15) is 16.8 Å². The number of nitrogens with two attached hydrogens (primary N) is 1. The normalized spacial score (nSPS) is 12.6. The maximum Gasteiger partial charge on any atom is 0.238 e. The van der Waals surface area contributed by atoms with Crippen LogP contribution in [0.25, 0.3) is 0 Å². The van der Waals surface area contributed by atoms with E-state index in [1.807, 2.05) is 6.92 Å². The molecular formula is C11H17NO4S2. The van der Waals surface area contributed by atoms with Gasteiger partial charge in [-0.15, -0.1) is 0 Å². The predicted molar refractivity (Wildman–Crippen MR) is 69.5 cm³/mol. The van der Waals surface area contributed by atoms with Crippen LogP contribution in [0.2, 0.25) is 0 Å². The highest BCUT2D eigenvalue weighted by molar-refractivity contribution is 7.91. The second kappa shape index (κ2) is 5.38. The van der Waals surface area contributed by atoms with E-state index >= 15 is 0 Å². The zero-order chi connectivity index (χ0) is 14.0. The second-order valence-corrected chi connectivity index (χ2v) is 7.78. The van der Waals surface area contributed by atoms with Gasteiger partial charge in [0.05, 0.1) is 15.5 Å². The van der Waals surface area contributed by atoms with Crippen molar-refractivity contribution in [3.63, 3.8) is 0 Å². The van der Waals surface area contributed by atoms with Crippen molar-refractivity contribution in [2.75, 3.05) is 5.75 Å². The van der Waals surface area contributed by atoms with Crippen LogP contribution in [0.5, 0.6) is 0 Å². The maximum absolute atomic E-state index is 11.9. The Labute approximate surface area is 108 Å². The minimum absolute atomic E-state index is 0.00516. The van der Waals surface area contributed by atoms with Gasteiger partial charge in [0.15, 0.2) is 9.84 Å². The fourth-order valence-corrected chi connectivity index (χ4v) is 3.89. The number of rotatable bonds is 5. The van der Waals surface area contributed by atoms with E-state index < -0.39 is 19.9 Å². The third-order valence-corrected chi connectivity index (χ3v) is 5.44. The predicted octanol–water partition coefficient (Wildman–Crippen LogP) is 1.22. The van der Waals surface area contributed by atoms with Gasteiger partial charge < -0.3 is 0 Å². The van der Waals surface area contributed by atoms with E-state index in [0.717, 1.165) is 12.5 Å². The largest absolute Gasteiger partial charge is 0.238 e. The third-order valence-electron chi connectivity index (χ3n) is 2.59. The van der Waals surface area contributed by atoms with Crippen molar-refractivity contribution in [3.8, 4) is 0 Å². The maximum atomic E-state index is 11.9. The van der Waals surface area contributed by atoms with Crippen molar-refractivity contribution in [1.29, 1.82) is 0 Å². The molecule has 0 spiro atoms. The van der Waals surface area contributed by atoms with E-state index in [0.29, 0.717) is 12.0 Å². The van der Waals surface area contributed by atoms with E-state index in [1.165, 1.54) is 12.1 Å². The van der Waals surface area contributed by atoms with Gasteiger partial charge in [0.2, 0.25) is 10.0 Å². The summed E-state index contributed by atoms with van der Waals surface area (Å²) >= 11 is 0. The summed E-state index contributed by atoms with van der Waals surface area (Å²) in [5.74, 6) is 0.0105. The summed E-state index contributed by atoms with van der Waals surface area (Å²) in [5, 5.41) is 5.05. The van der Waals surface area contributed by atoms with Crippen LogP contribution in [-0.2, 0) is 19.9 Å². The molecule has 0 aliphatic rings. The molecule has 0 bridgehead atoms. The number of aryl methyl sites for hydroxylation is 1. The Kier molecular flexibility index (Phi) is 4.52. The van der Waals surface area contributed by atoms with Gasteiger partial charge in [-0.2, -0.15) is 0 Å². The van der Waals surface area contributed by atoms with Gasteiger partial charge in [0.1, 0.15) is 0 Å². The number of primary sulfonamides is 1. The monoisotopic (exact) mass is 291 g/mol. The van der Waals surface area contributed by atoms with Gasteiger partial charge in [0.25, 0.3) is 0 Å². The first-order chi connectivity index (χ1) is 8.18. The summed E-state index contributed by atoms with van der Waals surface area (Å²) in [5.41, 5.74) is 0.437. The molecule has 0 saturated carbocycles. The summed E-state index contributed by atoms with van der Waals surface area (Å²) in [4.78, 5) is -0.134. The minimum Gasteiger partial charge on any atom is -0.225 e. The summed E-state index contributed by atoms with van der Waals surface area (Å²) in [7, 11) is -7.34. The van der Waals surface area contributed by atoms with Crippen LogP contribution in [0.15, 0.2) is 28.0 Å². The SMILES string of the molecule is CCCCS(=O)(=O)c1ccc(C)c(S(N)(=O)=O)c1. The molecule has 0 aliphatic carbocycles. The molecule has 7 heteroatoms. The smallest absolute Gasteiger partial charge is 0.225 e. The van der Waals surface area contributed by atoms with Crippen molar-refractivity contribution in [2.45, 2.75) is 36.5 Å². The van der Waals surface area contributed by atoms with Crippen LogP contribution in [0.4, 0.5) is 0 Å². The summed E-state index contributed by atoms with van der Waals surface area (Å²) in [6.45, 7) is 3.46. The molecule has 0 unspecified atom stereocenters. The van der Waals surface area contributed by atoms with E-state index in [2.05, 4.69) is 0 Å². The van der Waals surface area contributed by atoms with Gasteiger partial charge >= 0.3 is 0 Å². The topological polar surface area (TPSA) is 94.3 Å². The number of unbranched alkanes of at least 4 members (excludes halogenated alkanes) is 1. The van der Waals surface area contributed by atoms with Crippen LogP contribution in [0.1, 0.15) is 25.3 Å². The first-order valence-electron chi connectivity index (χ1n) is 5.54. The first kappa shape index (κ1) is 15.1. The molecular weight excluding hydrogens is 274 g/mol. The van der Waals surface area contributed by atoms with Crippen LogP contribution in [0, 0.1) is 6.92 Å². The van der Waals surface area contributed by atoms with Gasteiger partial charge in [-0.25, -0.2) is 22.0 Å². The molecule has 0 radical (unpaired) electrons. The Balaban J connectivity index is 3.30. The Hall–Kier alpha value is -0.920. The average molecular weight is 291 g/mol. The number of hydrogen-bond donors (Lipinski definition) is 1. The standard InChI is InChI=1S/C11H17NO4S2/c1-3-4-7-17(13,14)10-6-5-9(2)11(8-10)18(12,15)16/h5-6,8H,3-4,7H2,1-2H3,(H2,12,15,16). The van der Waals surface area contributed by atoms with Crippen LogP contribution in [0.3, 0.4) is 0 Å². The molecule has 1 aromatic rings. The van der Waals surface area contributed by atoms with E-state index in [4.69, 9.17) is 5.14 Å². The lowest BCUT2D eigenvalue weighted by Gasteiger charge is -2.08. The Bertz CT molecular complexity index is 633. The fourth-order valence-electron chi connectivity index (χ4n) is 1.53. The molecule has 5 nitrogen and oxygen atoms in total. The Morgan fingerprint density at radius 1 is 1.17 bits per heavy atom. The Morgan fingerprint density at radius 3 is 2.28 bits per heavy atom. The number of hydrogen-bond acceptors (Lipinski definition) is 4. The zero-order valence-electron chi connectivity index (χ0n) is 10.4. The molecule has 0 amide bonds. The highest BCUT2D eigenvalue weighted by Gasteiger charge is 2.18. The summed E-state index contributed by atoms with van der Waals surface area (Å²) < 4.78 is 46.6. The van der Waals surface area contributed by atoms with Crippen LogP contribution >= 0.6 is 0 Å². The highest BCUT2D eigenvalue weighted by atomic mass is 32.2. The highest BCUT2D eigenvalue weighted by Crippen LogP contribution is 2.20. The lowest BCUT2D eigenvalue weighted by atomic mass is 10.2. The van der Waals surface area contributed by atoms with Gasteiger partial charge in [-0.3, -0.25) is 0 Å². The Morgan fingerprint density at radius 2 is 1.78 bits per heavy atom. The molecule has 1 aromatic carbocycles. The third kappa shape index (κ3) is 3.54. The quantitative estimate of drug-likeness (QED) is 0.882. The van der Waals surface area contributed by atoms with E-state index in [1.54, 1.807) is 6.92 Å². The zero-order valence-corrected chi connectivity index (χ0v) is 12.0. The molecule has 0 aromatic heterocycles. The molecule has 0 atom stereocenters. The van der Waals surface area contributed by atoms with Crippen molar-refractivity contribution in [1.82, 2.24) is 0 Å². The summed E-state index contributed by atoms with van der Waals surface area (Å²) in [6, 6.07) is 4.00. The fraction of sp³-hybridized carbons (Fsp3) is 0.455. The molecule has 2 N–H and O–H groups in total. The first-order valence-corrected chi connectivity index (χ1v) is 8.74. The molecule has 18 heavy (non-hydrogen) atoms. The van der Waals surface area contributed by atoms with Crippen molar-refractivity contribution < 1.29 is 16.8 Å². The number of sulfonamides is 1. The lowest BCUT2D eigenvalue weighted by Crippen LogP contribution is -2.15. The van der Waals surface area contributed by atoms with Crippen molar-refractivity contribution in [3.05, 3.63) is 23.8 Å². The molecule has 102 valence electrons. The van der Waals surface area contributed by atoms with Crippen molar-refractivity contribution in [2.24, 2.45) is 5.14 Å². The number of benzene rings is 1. The van der Waals surface area contributed by atoms with Crippen molar-refractivity contribution >= 4 is 19.9 Å². The summed E-state index contributed by atoms with van der Waals surface area (Å²) in [6.07, 6.45) is 1.30. The average Bonchev–Trinajstić information content (AvgIpc) is 2.25.